The van der Waals surface area contributed by atoms with Crippen molar-refractivity contribution in [1.29, 1.82) is 0 Å². The number of hydrogen-bond acceptors (Lipinski definition) is 3. The molecule has 0 unspecified atom stereocenters. The van der Waals surface area contributed by atoms with Gasteiger partial charge in [0.25, 0.3) is 0 Å². The number of nitrogens with two attached hydrogens (primary N) is 2. The van der Waals surface area contributed by atoms with Crippen LogP contribution in [-0.2, 0) is 0 Å². The van der Waals surface area contributed by atoms with Crippen LogP contribution >= 0.6 is 0 Å². The molecule has 0 atom stereocenters. The van der Waals surface area contributed by atoms with Gasteiger partial charge in [0.05, 0.1) is 6.17 Å². The standard InChI is InChI=1S/C12H29N3/c1-2-3-10-15-11-8-6-4-5-7-9-12(13)14/h12,15H,2-11,13-14H2,1H3. The van der Waals surface area contributed by atoms with Crippen LogP contribution < -0.4 is 16.8 Å². The van der Waals surface area contributed by atoms with E-state index in [1.807, 2.05) is 0 Å². The molecule has 0 aromatic carbocycles. The first-order valence-electron chi connectivity index (χ1n) is 6.49. The largest absolute Gasteiger partial charge is 0.317 e. The molecule has 3 nitrogen and oxygen atoms in total. The Morgan fingerprint density at radius 2 is 1.47 bits per heavy atom. The normalized spacial score (nSPS) is 11.2. The van der Waals surface area contributed by atoms with Gasteiger partial charge in [0.1, 0.15) is 0 Å². The molecule has 15 heavy (non-hydrogen) atoms. The van der Waals surface area contributed by atoms with E-state index in [-0.39, 0.29) is 6.17 Å². The summed E-state index contributed by atoms with van der Waals surface area (Å²) in [4.78, 5) is 0. The van der Waals surface area contributed by atoms with Gasteiger partial charge in [-0.05, 0) is 32.4 Å². The fourth-order valence-corrected chi connectivity index (χ4v) is 1.59. The minimum atomic E-state index is -0.110. The topological polar surface area (TPSA) is 64.1 Å². The minimum Gasteiger partial charge on any atom is -0.317 e. The van der Waals surface area contributed by atoms with Crippen LogP contribution in [-0.4, -0.2) is 19.3 Å². The Balaban J connectivity index is 2.87. The van der Waals surface area contributed by atoms with Crippen molar-refractivity contribution >= 4 is 0 Å². The molecule has 0 aromatic heterocycles. The molecule has 0 fully saturated rings. The first-order chi connectivity index (χ1) is 7.27. The molecule has 0 saturated heterocycles. The molecule has 0 rings (SSSR count). The molecule has 0 heterocycles. The summed E-state index contributed by atoms with van der Waals surface area (Å²) in [7, 11) is 0. The zero-order valence-electron chi connectivity index (χ0n) is 10.3. The lowest BCUT2D eigenvalue weighted by Crippen LogP contribution is -2.29. The summed E-state index contributed by atoms with van der Waals surface area (Å²) < 4.78 is 0. The van der Waals surface area contributed by atoms with Crippen LogP contribution in [0.2, 0.25) is 0 Å². The quantitative estimate of drug-likeness (QED) is 0.365. The molecular formula is C12H29N3. The molecular weight excluding hydrogens is 186 g/mol. The highest BCUT2D eigenvalue weighted by Gasteiger charge is 1.94. The summed E-state index contributed by atoms with van der Waals surface area (Å²) in [6, 6.07) is 0. The molecule has 0 spiro atoms. The lowest BCUT2D eigenvalue weighted by atomic mass is 10.1. The summed E-state index contributed by atoms with van der Waals surface area (Å²) in [5.41, 5.74) is 10.9. The summed E-state index contributed by atoms with van der Waals surface area (Å²) in [6.07, 6.45) is 9.86. The van der Waals surface area contributed by atoms with E-state index in [0.717, 1.165) is 6.42 Å². The Labute approximate surface area is 95.0 Å². The predicted molar refractivity (Wildman–Crippen MR) is 67.6 cm³/mol. The highest BCUT2D eigenvalue weighted by molar-refractivity contribution is 4.53. The first kappa shape index (κ1) is 14.9. The number of rotatable bonds is 11. The SMILES string of the molecule is CCCCNCCCCCCCC(N)N. The lowest BCUT2D eigenvalue weighted by Gasteiger charge is -2.05. The van der Waals surface area contributed by atoms with E-state index in [1.54, 1.807) is 0 Å². The second kappa shape index (κ2) is 12.0. The van der Waals surface area contributed by atoms with E-state index in [1.165, 1.54) is 58.0 Å². The average molecular weight is 215 g/mol. The van der Waals surface area contributed by atoms with Crippen LogP contribution in [0.25, 0.3) is 0 Å². The summed E-state index contributed by atoms with van der Waals surface area (Å²) >= 11 is 0. The third-order valence-corrected chi connectivity index (χ3v) is 2.60. The van der Waals surface area contributed by atoms with Gasteiger partial charge in [0.2, 0.25) is 0 Å². The van der Waals surface area contributed by atoms with Crippen molar-refractivity contribution < 1.29 is 0 Å². The first-order valence-corrected chi connectivity index (χ1v) is 6.49. The zero-order chi connectivity index (χ0) is 11.4. The van der Waals surface area contributed by atoms with Crippen LogP contribution in [0.3, 0.4) is 0 Å². The van der Waals surface area contributed by atoms with Crippen LogP contribution in [0.1, 0.15) is 58.3 Å². The fraction of sp³-hybridized carbons (Fsp3) is 1.00. The van der Waals surface area contributed by atoms with E-state index < -0.39 is 0 Å². The van der Waals surface area contributed by atoms with Crippen molar-refractivity contribution in [3.63, 3.8) is 0 Å². The Bertz CT molecular complexity index is 115. The van der Waals surface area contributed by atoms with Gasteiger partial charge in [0.15, 0.2) is 0 Å². The minimum absolute atomic E-state index is 0.110. The maximum atomic E-state index is 5.47. The van der Waals surface area contributed by atoms with Crippen LogP contribution in [0.15, 0.2) is 0 Å². The molecule has 92 valence electrons. The van der Waals surface area contributed by atoms with Gasteiger partial charge < -0.3 is 16.8 Å². The Morgan fingerprint density at radius 1 is 0.867 bits per heavy atom. The smallest absolute Gasteiger partial charge is 0.0520 e. The third kappa shape index (κ3) is 13.9. The Hall–Kier alpha value is -0.120. The van der Waals surface area contributed by atoms with Crippen molar-refractivity contribution in [2.45, 2.75) is 64.5 Å². The number of hydrogen-bond donors (Lipinski definition) is 3. The van der Waals surface area contributed by atoms with E-state index in [2.05, 4.69) is 12.2 Å². The van der Waals surface area contributed by atoms with Gasteiger partial charge in [-0.2, -0.15) is 0 Å². The summed E-state index contributed by atoms with van der Waals surface area (Å²) in [5.74, 6) is 0. The molecule has 0 radical (unpaired) electrons. The van der Waals surface area contributed by atoms with Gasteiger partial charge in [-0.1, -0.05) is 39.0 Å². The molecule has 0 amide bonds. The zero-order valence-corrected chi connectivity index (χ0v) is 10.3. The Morgan fingerprint density at radius 3 is 2.13 bits per heavy atom. The van der Waals surface area contributed by atoms with E-state index in [9.17, 15) is 0 Å². The number of nitrogens with one attached hydrogen (secondary N) is 1. The van der Waals surface area contributed by atoms with Gasteiger partial charge in [-0.3, -0.25) is 0 Å². The van der Waals surface area contributed by atoms with Gasteiger partial charge >= 0.3 is 0 Å². The van der Waals surface area contributed by atoms with E-state index in [4.69, 9.17) is 11.5 Å². The second-order valence-electron chi connectivity index (χ2n) is 4.32. The van der Waals surface area contributed by atoms with E-state index >= 15 is 0 Å². The van der Waals surface area contributed by atoms with Gasteiger partial charge in [-0.15, -0.1) is 0 Å². The average Bonchev–Trinajstić information content (AvgIpc) is 2.20. The number of unbranched alkanes of at least 4 members (excludes halogenated alkanes) is 5. The second-order valence-corrected chi connectivity index (χ2v) is 4.32. The van der Waals surface area contributed by atoms with E-state index in [0.29, 0.717) is 0 Å². The molecule has 0 aliphatic carbocycles. The fourth-order valence-electron chi connectivity index (χ4n) is 1.59. The highest BCUT2D eigenvalue weighted by atomic mass is 14.8. The lowest BCUT2D eigenvalue weighted by molar-refractivity contribution is 0.532. The highest BCUT2D eigenvalue weighted by Crippen LogP contribution is 2.04. The van der Waals surface area contributed by atoms with Crippen molar-refractivity contribution in [2.24, 2.45) is 11.5 Å². The molecule has 0 bridgehead atoms. The maximum Gasteiger partial charge on any atom is 0.0520 e. The monoisotopic (exact) mass is 215 g/mol. The molecule has 3 heteroatoms. The van der Waals surface area contributed by atoms with Gasteiger partial charge in [-0.25, -0.2) is 0 Å². The Kier molecular flexibility index (Phi) is 11.9. The molecule has 0 aromatic rings. The molecule has 0 aliphatic heterocycles. The van der Waals surface area contributed by atoms with Crippen LogP contribution in [0, 0.1) is 0 Å². The van der Waals surface area contributed by atoms with Gasteiger partial charge in [0, 0.05) is 0 Å². The maximum absolute atomic E-state index is 5.47. The molecule has 5 N–H and O–H groups in total. The van der Waals surface area contributed by atoms with Crippen molar-refractivity contribution in [3.05, 3.63) is 0 Å². The summed E-state index contributed by atoms with van der Waals surface area (Å²) in [5, 5.41) is 3.46. The van der Waals surface area contributed by atoms with Crippen LogP contribution in [0.5, 0.6) is 0 Å². The molecule has 0 saturated carbocycles. The summed E-state index contributed by atoms with van der Waals surface area (Å²) in [6.45, 7) is 4.58. The predicted octanol–water partition coefficient (Wildman–Crippen LogP) is 1.96. The van der Waals surface area contributed by atoms with Crippen molar-refractivity contribution in [1.82, 2.24) is 5.32 Å². The molecule has 0 aliphatic rings. The van der Waals surface area contributed by atoms with Crippen LogP contribution in [0.4, 0.5) is 0 Å². The van der Waals surface area contributed by atoms with Crippen molar-refractivity contribution in [3.8, 4) is 0 Å². The van der Waals surface area contributed by atoms with Crippen molar-refractivity contribution in [2.75, 3.05) is 13.1 Å². The third-order valence-electron chi connectivity index (χ3n) is 2.60.